The van der Waals surface area contributed by atoms with Crippen molar-refractivity contribution < 1.29 is 4.42 Å². The van der Waals surface area contributed by atoms with Crippen LogP contribution in [0.1, 0.15) is 75.1 Å². The third-order valence-electron chi connectivity index (χ3n) is 11.2. The smallest absolute Gasteiger partial charge is 0.227 e. The zero-order valence-electron chi connectivity index (χ0n) is 29.9. The minimum Gasteiger partial charge on any atom is -0.437 e. The van der Waals surface area contributed by atoms with E-state index in [0.717, 1.165) is 50.2 Å². The summed E-state index contributed by atoms with van der Waals surface area (Å²) >= 11 is 0. The zero-order valence-corrected chi connectivity index (χ0v) is 29.9. The Morgan fingerprint density at radius 3 is 2.02 bits per heavy atom. The van der Waals surface area contributed by atoms with E-state index in [2.05, 4.69) is 154 Å². The van der Waals surface area contributed by atoms with Crippen LogP contribution in [0.25, 0.3) is 72.4 Å². The van der Waals surface area contributed by atoms with E-state index in [0.29, 0.717) is 23.5 Å². The van der Waals surface area contributed by atoms with E-state index in [4.69, 9.17) is 14.4 Å². The fraction of sp³-hybridized carbons (Fsp3) is 0.234. The van der Waals surface area contributed by atoms with E-state index in [1.165, 1.54) is 59.1 Å². The van der Waals surface area contributed by atoms with Gasteiger partial charge in [0.05, 0.1) is 22.3 Å². The molecule has 9 rings (SSSR count). The third kappa shape index (κ3) is 5.45. The third-order valence-corrected chi connectivity index (χ3v) is 11.2. The second-order valence-corrected chi connectivity index (χ2v) is 14.8. The van der Waals surface area contributed by atoms with Gasteiger partial charge in [-0.15, -0.1) is 0 Å². The lowest BCUT2D eigenvalue weighted by atomic mass is 9.89. The summed E-state index contributed by atoms with van der Waals surface area (Å²) in [6, 6.07) is 43.8. The van der Waals surface area contributed by atoms with Gasteiger partial charge >= 0.3 is 0 Å². The van der Waals surface area contributed by atoms with Crippen molar-refractivity contribution >= 4 is 33.1 Å². The molecule has 1 unspecified atom stereocenters. The second-order valence-electron chi connectivity index (χ2n) is 14.8. The molecule has 0 radical (unpaired) electrons. The molecule has 0 spiro atoms. The Morgan fingerprint density at radius 1 is 0.667 bits per heavy atom. The maximum absolute atomic E-state index is 6.82. The molecule has 1 saturated carbocycles. The van der Waals surface area contributed by atoms with Crippen LogP contribution in [0.2, 0.25) is 0 Å². The van der Waals surface area contributed by atoms with Crippen LogP contribution in [0.15, 0.2) is 126 Å². The molecule has 5 aromatic carbocycles. The predicted molar refractivity (Wildman–Crippen MR) is 212 cm³/mol. The molecule has 0 N–H and O–H groups in total. The Kier molecular flexibility index (Phi) is 7.84. The van der Waals surface area contributed by atoms with Crippen molar-refractivity contribution in [3.63, 3.8) is 0 Å². The molecule has 1 atom stereocenters. The van der Waals surface area contributed by atoms with E-state index in [1.54, 1.807) is 0 Å². The molecule has 1 aliphatic rings. The molecular formula is C47H43N3O. The fourth-order valence-corrected chi connectivity index (χ4v) is 8.33. The Balaban J connectivity index is 1.35. The zero-order chi connectivity index (χ0) is 34.6. The van der Waals surface area contributed by atoms with Gasteiger partial charge in [-0.2, -0.15) is 0 Å². The Bertz CT molecular complexity index is 2470. The molecule has 3 heterocycles. The molecule has 1 fully saturated rings. The standard InChI is InChI=1S/C47H43N3O/c1-29(2)35-27-39(33-16-7-5-8-17-33)44(40(28-35)34-18-9-6-10-19-34)50-43-25-22-30(3)26-42(43)48-46(50)38-21-13-20-36-37-23-24-41(49-47(37)51-45(36)38)31(4)32-14-11-12-15-32/h5-10,13,16-29,31-32H,11-12,14-15H2,1-4H3. The van der Waals surface area contributed by atoms with Crippen LogP contribution in [-0.2, 0) is 0 Å². The Labute approximate surface area is 299 Å². The Hall–Kier alpha value is -5.48. The monoisotopic (exact) mass is 665 g/mol. The van der Waals surface area contributed by atoms with Gasteiger partial charge in [0.2, 0.25) is 5.71 Å². The summed E-state index contributed by atoms with van der Waals surface area (Å²) in [5.74, 6) is 2.31. The number of benzene rings is 5. The largest absolute Gasteiger partial charge is 0.437 e. The summed E-state index contributed by atoms with van der Waals surface area (Å²) in [5, 5.41) is 2.11. The lowest BCUT2D eigenvalue weighted by molar-refractivity contribution is 0.452. The number of imidazole rings is 1. The average molecular weight is 666 g/mol. The molecule has 0 amide bonds. The highest BCUT2D eigenvalue weighted by atomic mass is 16.3. The van der Waals surface area contributed by atoms with Crippen molar-refractivity contribution in [2.45, 2.75) is 65.2 Å². The van der Waals surface area contributed by atoms with E-state index in [9.17, 15) is 0 Å². The van der Waals surface area contributed by atoms with Gasteiger partial charge in [0.1, 0.15) is 11.4 Å². The van der Waals surface area contributed by atoms with Crippen molar-refractivity contribution in [3.05, 3.63) is 138 Å². The molecule has 0 bridgehead atoms. The van der Waals surface area contributed by atoms with Crippen molar-refractivity contribution in [2.75, 3.05) is 0 Å². The van der Waals surface area contributed by atoms with Crippen LogP contribution in [0.3, 0.4) is 0 Å². The first kappa shape index (κ1) is 31.5. The average Bonchev–Trinajstić information content (AvgIpc) is 3.92. The van der Waals surface area contributed by atoms with Gasteiger partial charge in [0.15, 0.2) is 0 Å². The van der Waals surface area contributed by atoms with Gasteiger partial charge in [-0.1, -0.05) is 112 Å². The summed E-state index contributed by atoms with van der Waals surface area (Å²) < 4.78 is 9.20. The van der Waals surface area contributed by atoms with E-state index in [1.807, 2.05) is 0 Å². The van der Waals surface area contributed by atoms with E-state index >= 15 is 0 Å². The van der Waals surface area contributed by atoms with Gasteiger partial charge in [-0.3, -0.25) is 4.57 Å². The van der Waals surface area contributed by atoms with Gasteiger partial charge in [0, 0.05) is 33.5 Å². The molecule has 8 aromatic rings. The minimum absolute atomic E-state index is 0.351. The molecule has 4 heteroatoms. The number of hydrogen-bond donors (Lipinski definition) is 0. The maximum Gasteiger partial charge on any atom is 0.227 e. The summed E-state index contributed by atoms with van der Waals surface area (Å²) in [6.07, 6.45) is 5.22. The normalized spacial score (nSPS) is 14.4. The van der Waals surface area contributed by atoms with Crippen LogP contribution in [0.5, 0.6) is 0 Å². The van der Waals surface area contributed by atoms with Crippen LogP contribution >= 0.6 is 0 Å². The second kappa shape index (κ2) is 12.7. The van der Waals surface area contributed by atoms with Crippen LogP contribution in [0, 0.1) is 12.8 Å². The van der Waals surface area contributed by atoms with Crippen LogP contribution in [0.4, 0.5) is 0 Å². The lowest BCUT2D eigenvalue weighted by Gasteiger charge is -2.22. The topological polar surface area (TPSA) is 43.9 Å². The molecule has 1 aliphatic carbocycles. The molecule has 0 aliphatic heterocycles. The van der Waals surface area contributed by atoms with Crippen molar-refractivity contribution in [3.8, 4) is 39.3 Å². The number of hydrogen-bond acceptors (Lipinski definition) is 3. The Morgan fingerprint density at radius 2 is 1.35 bits per heavy atom. The van der Waals surface area contributed by atoms with Gasteiger partial charge in [-0.05, 0) is 96.3 Å². The number of furan rings is 1. The number of para-hydroxylation sites is 1. The molecule has 252 valence electrons. The fourth-order valence-electron chi connectivity index (χ4n) is 8.33. The summed E-state index contributed by atoms with van der Waals surface area (Å²) in [4.78, 5) is 10.6. The maximum atomic E-state index is 6.82. The van der Waals surface area contributed by atoms with Crippen molar-refractivity contribution in [1.82, 2.24) is 14.5 Å². The number of aromatic nitrogens is 3. The van der Waals surface area contributed by atoms with E-state index in [-0.39, 0.29) is 0 Å². The number of nitrogens with zero attached hydrogens (tertiary/aromatic N) is 3. The highest BCUT2D eigenvalue weighted by Crippen LogP contribution is 2.45. The number of aryl methyl sites for hydroxylation is 1. The first-order valence-corrected chi connectivity index (χ1v) is 18.6. The lowest BCUT2D eigenvalue weighted by Crippen LogP contribution is -2.07. The summed E-state index contributed by atoms with van der Waals surface area (Å²) in [6.45, 7) is 9.02. The van der Waals surface area contributed by atoms with Crippen LogP contribution in [-0.4, -0.2) is 14.5 Å². The minimum atomic E-state index is 0.351. The van der Waals surface area contributed by atoms with Gasteiger partial charge < -0.3 is 4.42 Å². The predicted octanol–water partition coefficient (Wildman–Crippen LogP) is 13.0. The first-order chi connectivity index (χ1) is 24.9. The van der Waals surface area contributed by atoms with E-state index < -0.39 is 0 Å². The summed E-state index contributed by atoms with van der Waals surface area (Å²) in [7, 11) is 0. The van der Waals surface area contributed by atoms with Gasteiger partial charge in [0.25, 0.3) is 0 Å². The van der Waals surface area contributed by atoms with Crippen molar-refractivity contribution in [2.24, 2.45) is 5.92 Å². The highest BCUT2D eigenvalue weighted by Gasteiger charge is 2.27. The first-order valence-electron chi connectivity index (χ1n) is 18.6. The SMILES string of the molecule is Cc1ccc2c(c1)nc(-c1cccc3c1oc1nc(C(C)C4CCCC4)ccc13)n2-c1c(-c2ccccc2)cc(C(C)C)cc1-c1ccccc1. The highest BCUT2D eigenvalue weighted by molar-refractivity contribution is 6.09. The van der Waals surface area contributed by atoms with Gasteiger partial charge in [-0.25, -0.2) is 9.97 Å². The molecule has 4 nitrogen and oxygen atoms in total. The molecular weight excluding hydrogens is 623 g/mol. The number of pyridine rings is 1. The number of fused-ring (bicyclic) bond motifs is 4. The van der Waals surface area contributed by atoms with Crippen molar-refractivity contribution in [1.29, 1.82) is 0 Å². The quantitative estimate of drug-likeness (QED) is 0.170. The molecule has 3 aromatic heterocycles. The molecule has 0 saturated heterocycles. The summed E-state index contributed by atoms with van der Waals surface area (Å²) in [5.41, 5.74) is 13.9. The molecule has 51 heavy (non-hydrogen) atoms. The number of rotatable bonds is 7. The van der Waals surface area contributed by atoms with Crippen LogP contribution < -0.4 is 0 Å².